The number of carbonyl (C=O) groups is 1. The molecule has 3 aromatic heterocycles. The first-order valence-electron chi connectivity index (χ1n) is 13.8. The van der Waals surface area contributed by atoms with Crippen molar-refractivity contribution in [3.63, 3.8) is 0 Å². The third-order valence-electron chi connectivity index (χ3n) is 8.61. The van der Waals surface area contributed by atoms with E-state index in [-0.39, 0.29) is 5.78 Å². The van der Waals surface area contributed by atoms with Crippen molar-refractivity contribution in [1.82, 2.24) is 24.6 Å². The molecule has 3 aliphatic rings. The first-order valence-corrected chi connectivity index (χ1v) is 13.8. The maximum absolute atomic E-state index is 13.2. The Kier molecular flexibility index (Phi) is 6.67. The Morgan fingerprint density at radius 3 is 2.46 bits per heavy atom. The molecule has 7 heteroatoms. The summed E-state index contributed by atoms with van der Waals surface area (Å²) in [5.74, 6) is 1.97. The van der Waals surface area contributed by atoms with Crippen LogP contribution in [0.2, 0.25) is 0 Å². The predicted molar refractivity (Wildman–Crippen MR) is 142 cm³/mol. The summed E-state index contributed by atoms with van der Waals surface area (Å²) in [6.07, 6.45) is 12.1. The molecule has 0 spiro atoms. The second kappa shape index (κ2) is 10.1. The molecule has 2 saturated heterocycles. The lowest BCUT2D eigenvalue weighted by atomic mass is 9.89. The molecule has 0 bridgehead atoms. The Bertz CT molecular complexity index is 1270. The predicted octanol–water partition coefficient (Wildman–Crippen LogP) is 4.94. The molecule has 194 valence electrons. The van der Waals surface area contributed by atoms with E-state index in [9.17, 15) is 4.79 Å². The van der Waals surface area contributed by atoms with E-state index in [0.717, 1.165) is 56.0 Å². The Morgan fingerprint density at radius 1 is 1.00 bits per heavy atom. The van der Waals surface area contributed by atoms with Crippen molar-refractivity contribution in [3.8, 4) is 5.82 Å². The number of aromatic nitrogens is 4. The van der Waals surface area contributed by atoms with Gasteiger partial charge in [0, 0.05) is 43.1 Å². The van der Waals surface area contributed by atoms with Gasteiger partial charge in [-0.3, -0.25) is 14.7 Å². The summed E-state index contributed by atoms with van der Waals surface area (Å²) in [7, 11) is 0. The van der Waals surface area contributed by atoms with Crippen molar-refractivity contribution in [2.75, 3.05) is 19.7 Å². The van der Waals surface area contributed by atoms with Crippen LogP contribution in [0.3, 0.4) is 0 Å². The summed E-state index contributed by atoms with van der Waals surface area (Å²) in [5.41, 5.74) is 6.10. The van der Waals surface area contributed by atoms with Gasteiger partial charge in [0.15, 0.2) is 11.6 Å². The number of hydrogen-bond donors (Lipinski definition) is 0. The molecule has 2 unspecified atom stereocenters. The number of likely N-dealkylation sites (tertiary alicyclic amines) is 1. The topological polar surface area (TPSA) is 73.1 Å². The molecule has 37 heavy (non-hydrogen) atoms. The van der Waals surface area contributed by atoms with Crippen LogP contribution in [-0.4, -0.2) is 62.3 Å². The highest BCUT2D eigenvalue weighted by atomic mass is 16.5. The van der Waals surface area contributed by atoms with E-state index in [1.165, 1.54) is 29.7 Å². The van der Waals surface area contributed by atoms with Gasteiger partial charge >= 0.3 is 0 Å². The Morgan fingerprint density at radius 2 is 1.81 bits per heavy atom. The number of ether oxygens (including phenoxy) is 1. The van der Waals surface area contributed by atoms with Crippen LogP contribution in [0.15, 0.2) is 36.8 Å². The van der Waals surface area contributed by atoms with E-state index in [0.29, 0.717) is 36.0 Å². The highest BCUT2D eigenvalue weighted by Crippen LogP contribution is 2.39. The summed E-state index contributed by atoms with van der Waals surface area (Å²) in [6.45, 7) is 9.36. The Labute approximate surface area is 219 Å². The molecule has 0 amide bonds. The van der Waals surface area contributed by atoms with Gasteiger partial charge in [0.1, 0.15) is 0 Å². The van der Waals surface area contributed by atoms with E-state index in [2.05, 4.69) is 41.0 Å². The first-order chi connectivity index (χ1) is 18.0. The molecule has 1 saturated carbocycles. The van der Waals surface area contributed by atoms with Crippen LogP contribution < -0.4 is 0 Å². The molecule has 2 aliphatic heterocycles. The number of piperidine rings is 1. The fourth-order valence-electron chi connectivity index (χ4n) is 6.25. The summed E-state index contributed by atoms with van der Waals surface area (Å²) in [4.78, 5) is 25.3. The van der Waals surface area contributed by atoms with E-state index in [1.807, 2.05) is 25.4 Å². The van der Waals surface area contributed by atoms with Gasteiger partial charge in [0.25, 0.3) is 0 Å². The molecule has 1 aliphatic carbocycles. The van der Waals surface area contributed by atoms with Crippen LogP contribution in [0.4, 0.5) is 0 Å². The fraction of sp³-hybridized carbons (Fsp3) is 0.533. The molecule has 6 rings (SSSR count). The molecule has 2 atom stereocenters. The lowest BCUT2D eigenvalue weighted by Gasteiger charge is -2.37. The zero-order valence-electron chi connectivity index (χ0n) is 22.2. The molecule has 3 aromatic rings. The van der Waals surface area contributed by atoms with Crippen LogP contribution in [-0.2, 0) is 11.2 Å². The van der Waals surface area contributed by atoms with Crippen molar-refractivity contribution in [3.05, 3.63) is 70.4 Å². The summed E-state index contributed by atoms with van der Waals surface area (Å²) < 4.78 is 7.55. The fourth-order valence-corrected chi connectivity index (χ4v) is 6.25. The second-order valence-corrected chi connectivity index (χ2v) is 11.2. The summed E-state index contributed by atoms with van der Waals surface area (Å²) in [6, 6.07) is 6.85. The Balaban J connectivity index is 1.09. The normalized spacial score (nSPS) is 23.0. The van der Waals surface area contributed by atoms with Gasteiger partial charge in [-0.05, 0) is 94.6 Å². The highest BCUT2D eigenvalue weighted by molar-refractivity contribution is 5.98. The lowest BCUT2D eigenvalue weighted by molar-refractivity contribution is 0.0625. The average molecular weight is 500 g/mol. The van der Waals surface area contributed by atoms with E-state index in [4.69, 9.17) is 9.72 Å². The van der Waals surface area contributed by atoms with Crippen molar-refractivity contribution in [2.45, 2.75) is 83.3 Å². The van der Waals surface area contributed by atoms with Crippen LogP contribution in [0.5, 0.6) is 0 Å². The number of ketones is 1. The molecule has 0 aromatic carbocycles. The minimum atomic E-state index is 0.0634. The third-order valence-corrected chi connectivity index (χ3v) is 8.61. The lowest BCUT2D eigenvalue weighted by Crippen LogP contribution is -2.44. The van der Waals surface area contributed by atoms with Crippen molar-refractivity contribution in [2.24, 2.45) is 0 Å². The van der Waals surface area contributed by atoms with E-state index in [1.54, 1.807) is 10.9 Å². The largest absolute Gasteiger partial charge is 0.377 e. The van der Waals surface area contributed by atoms with E-state index < -0.39 is 0 Å². The molecule has 0 radical (unpaired) electrons. The number of pyridine rings is 2. The van der Waals surface area contributed by atoms with Crippen molar-refractivity contribution < 1.29 is 9.53 Å². The van der Waals surface area contributed by atoms with Gasteiger partial charge in [0.2, 0.25) is 0 Å². The molecule has 5 heterocycles. The van der Waals surface area contributed by atoms with Crippen molar-refractivity contribution >= 4 is 5.78 Å². The summed E-state index contributed by atoms with van der Waals surface area (Å²) >= 11 is 0. The van der Waals surface area contributed by atoms with Gasteiger partial charge in [-0.2, -0.15) is 5.10 Å². The second-order valence-electron chi connectivity index (χ2n) is 11.2. The highest BCUT2D eigenvalue weighted by Gasteiger charge is 2.33. The molecule has 0 N–H and O–H groups in total. The maximum atomic E-state index is 13.2. The summed E-state index contributed by atoms with van der Waals surface area (Å²) in [5, 5.41) is 4.48. The number of nitrogens with zero attached hydrogens (tertiary/aromatic N) is 5. The average Bonchev–Trinajstić information content (AvgIpc) is 3.56. The number of Topliss-reactive ketones (excluding diaryl/α,β-unsaturated/α-hetero) is 1. The Hall–Kier alpha value is -2.90. The molecular weight excluding hydrogens is 462 g/mol. The van der Waals surface area contributed by atoms with E-state index >= 15 is 0 Å². The minimum Gasteiger partial charge on any atom is -0.377 e. The standard InChI is InChI=1S/C30H37N5O2/c1-19-14-22(16-32-30(19)24-8-11-34(12-9-24)27-10-13-37-21(27)3)15-28(36)26-18-33-35(20(26)2)29-7-6-25(17-31-29)23-4-5-23/h6-7,14,16-18,21,23-24,27H,4-5,8-13,15H2,1-3H3. The maximum Gasteiger partial charge on any atom is 0.170 e. The zero-order chi connectivity index (χ0) is 25.5. The monoisotopic (exact) mass is 499 g/mol. The number of rotatable bonds is 7. The number of aryl methyl sites for hydroxylation is 1. The van der Waals surface area contributed by atoms with Crippen LogP contribution in [0.1, 0.15) is 89.3 Å². The van der Waals surface area contributed by atoms with Crippen molar-refractivity contribution in [1.29, 1.82) is 0 Å². The molecule has 7 nitrogen and oxygen atoms in total. The van der Waals surface area contributed by atoms with Crippen LogP contribution in [0.25, 0.3) is 5.82 Å². The molecular formula is C30H37N5O2. The smallest absolute Gasteiger partial charge is 0.170 e. The zero-order valence-corrected chi connectivity index (χ0v) is 22.2. The third kappa shape index (κ3) is 4.99. The quantitative estimate of drug-likeness (QED) is 0.429. The van der Waals surface area contributed by atoms with Gasteiger partial charge in [-0.15, -0.1) is 0 Å². The first kappa shape index (κ1) is 24.4. The molecule has 3 fully saturated rings. The number of carbonyl (C=O) groups excluding carboxylic acids is 1. The van der Waals surface area contributed by atoms with Crippen LogP contribution >= 0.6 is 0 Å². The SMILES string of the molecule is Cc1cc(CC(=O)c2cnn(-c3ccc(C4CC4)cn3)c2C)cnc1C1CCN(C2CCOC2C)CC1. The number of hydrogen-bond acceptors (Lipinski definition) is 6. The van der Waals surface area contributed by atoms with Gasteiger partial charge in [-0.25, -0.2) is 9.67 Å². The minimum absolute atomic E-state index is 0.0634. The van der Waals surface area contributed by atoms with Crippen LogP contribution in [0, 0.1) is 13.8 Å². The van der Waals surface area contributed by atoms with Gasteiger partial charge in [0.05, 0.1) is 23.6 Å². The van der Waals surface area contributed by atoms with Gasteiger partial charge < -0.3 is 4.74 Å². The van der Waals surface area contributed by atoms with Gasteiger partial charge in [-0.1, -0.05) is 12.1 Å².